The molecule has 1 radical (unpaired) electrons. The molecule has 1 atom stereocenters. The van der Waals surface area contributed by atoms with E-state index >= 15 is 0 Å². The van der Waals surface area contributed by atoms with Crippen molar-refractivity contribution in [2.24, 2.45) is 0 Å². The summed E-state index contributed by atoms with van der Waals surface area (Å²) in [5, 5.41) is -7.89. The van der Waals surface area contributed by atoms with Crippen LogP contribution in [0, 0.1) is 0 Å². The minimum absolute atomic E-state index is 1.42. The minimum atomic E-state index is -9.35. The van der Waals surface area contributed by atoms with E-state index in [0.29, 0.717) is 0 Å². The van der Waals surface area contributed by atoms with Gasteiger partial charge in [-0.3, -0.25) is 0 Å². The third-order valence-electron chi connectivity index (χ3n) is 3.95. The van der Waals surface area contributed by atoms with Crippen LogP contribution < -0.4 is 5.90 Å². The summed E-state index contributed by atoms with van der Waals surface area (Å²) in [5.74, 6) is -70.9. The average Bonchev–Trinajstić information content (AvgIpc) is 2.65. The highest BCUT2D eigenvalue weighted by molar-refractivity contribution is 7.93. The minimum Gasteiger partial charge on any atom is -0.192 e. The fraction of sp³-hybridized carbons (Fsp3) is 1.00. The number of rotatable bonds is 10. The van der Waals surface area contributed by atoms with Crippen LogP contribution in [-0.2, 0) is 23.5 Å². The molecule has 0 aliphatic carbocycles. The van der Waals surface area contributed by atoms with Crippen LogP contribution in [-0.4, -0.2) is 58.8 Å². The van der Waals surface area contributed by atoms with Crippen molar-refractivity contribution >= 4 is 10.5 Å². The van der Waals surface area contributed by atoms with Crippen molar-refractivity contribution in [1.82, 2.24) is 0 Å². The molecule has 0 aliphatic rings. The Balaban J connectivity index is 7.21. The Morgan fingerprint density at radius 1 is 0.417 bits per heavy atom. The van der Waals surface area contributed by atoms with Gasteiger partial charge >= 0.3 is 69.3 Å². The highest BCUT2D eigenvalue weighted by atomic mass is 32.3. The Kier molecular flexibility index (Phi) is 7.95. The fourth-order valence-corrected chi connectivity index (χ4v) is 2.36. The zero-order chi connectivity index (χ0) is 30.2. The maximum Gasteiger partial charge on any atom is 0.554 e. The first-order valence-electron chi connectivity index (χ1n) is 7.21. The number of alkyl halides is 21. The smallest absolute Gasteiger partial charge is 0.192 e. The molecule has 0 aromatic carbocycles. The van der Waals surface area contributed by atoms with E-state index in [4.69, 9.17) is 0 Å². The summed E-state index contributed by atoms with van der Waals surface area (Å²) in [7, 11) is -7.70. The van der Waals surface area contributed by atoms with Crippen LogP contribution in [0.3, 0.4) is 0 Å². The molecule has 0 aromatic rings. The molecule has 0 saturated carbocycles. The summed E-state index contributed by atoms with van der Waals surface area (Å²) in [6.07, 6.45) is -8.07. The van der Waals surface area contributed by atoms with Gasteiger partial charge in [0.2, 0.25) is 0 Å². The van der Waals surface area contributed by atoms with Crippen molar-refractivity contribution in [1.29, 1.82) is 0 Å². The predicted octanol–water partition coefficient (Wildman–Crippen LogP) is 5.16. The first-order valence-corrected chi connectivity index (χ1v) is 8.62. The van der Waals surface area contributed by atoms with E-state index in [1.54, 1.807) is 0 Å². The van der Waals surface area contributed by atoms with Crippen LogP contribution >= 0.6 is 0 Å². The molecule has 26 heteroatoms. The van der Waals surface area contributed by atoms with Gasteiger partial charge in [-0.25, -0.2) is 0 Å². The maximum absolute atomic E-state index is 13.4. The molecular formula is C10H3F21NO3S+2. The van der Waals surface area contributed by atoms with E-state index in [0.717, 1.165) is 0 Å². The lowest BCUT2D eigenvalue weighted by Crippen LogP contribution is -2.77. The lowest BCUT2D eigenvalue weighted by Gasteiger charge is -2.43. The van der Waals surface area contributed by atoms with Gasteiger partial charge in [-0.15, -0.1) is 8.78 Å². The van der Waals surface area contributed by atoms with Gasteiger partial charge in [-0.1, -0.05) is 0 Å². The molecule has 4 nitrogen and oxygen atoms in total. The highest BCUT2D eigenvalue weighted by Crippen LogP contribution is 2.66. The van der Waals surface area contributed by atoms with Gasteiger partial charge in [-0.2, -0.15) is 89.3 Å². The molecule has 0 rings (SSSR count). The molecule has 0 aromatic heterocycles. The molecule has 217 valence electrons. The van der Waals surface area contributed by atoms with Gasteiger partial charge in [0.25, 0.3) is 0 Å². The molecule has 0 bridgehead atoms. The van der Waals surface area contributed by atoms with Gasteiger partial charge in [0.15, 0.2) is 0 Å². The van der Waals surface area contributed by atoms with Crippen LogP contribution in [0.15, 0.2) is 0 Å². The van der Waals surface area contributed by atoms with E-state index in [9.17, 15) is 101 Å². The molecule has 0 spiro atoms. The van der Waals surface area contributed by atoms with Gasteiger partial charge < -0.3 is 0 Å². The lowest BCUT2D eigenvalue weighted by molar-refractivity contribution is -0.639. The fourth-order valence-electron chi connectivity index (χ4n) is 1.77. The SMILES string of the molecule is [NH3+]O[S+]([O])(=O)C(F)(F)C(F)(F)C(F)(F)C(F)(F)C(F)(F)C(F)(F)C(F)(F)C(F)(F)C(F)(F)C(F)(F)F. The molecule has 1 unspecified atom stereocenters. The third-order valence-corrected chi connectivity index (χ3v) is 5.15. The van der Waals surface area contributed by atoms with E-state index < -0.39 is 69.3 Å². The predicted molar refractivity (Wildman–Crippen MR) is 63.3 cm³/mol. The quantitative estimate of drug-likeness (QED) is 0.210. The molecule has 3 N–H and O–H groups in total. The zero-order valence-electron chi connectivity index (χ0n) is 15.3. The Morgan fingerprint density at radius 2 is 0.611 bits per heavy atom. The zero-order valence-corrected chi connectivity index (χ0v) is 16.1. The summed E-state index contributed by atoms with van der Waals surface area (Å²) in [6.45, 7) is 0. The third kappa shape index (κ3) is 3.87. The van der Waals surface area contributed by atoms with Crippen molar-refractivity contribution < 1.29 is 111 Å². The second-order valence-corrected chi connectivity index (χ2v) is 7.84. The van der Waals surface area contributed by atoms with Gasteiger partial charge in [0.05, 0.1) is 8.84 Å². The van der Waals surface area contributed by atoms with Gasteiger partial charge in [0.1, 0.15) is 0 Å². The van der Waals surface area contributed by atoms with Crippen LogP contribution in [0.2, 0.25) is 0 Å². The van der Waals surface area contributed by atoms with E-state index in [-0.39, 0.29) is 0 Å². The normalized spacial score (nSPS) is 18.3. The van der Waals surface area contributed by atoms with Crippen molar-refractivity contribution in [3.63, 3.8) is 0 Å². The lowest BCUT2D eigenvalue weighted by atomic mass is 9.87. The summed E-state index contributed by atoms with van der Waals surface area (Å²) in [5.41, 5.74) is 0. The summed E-state index contributed by atoms with van der Waals surface area (Å²) < 4.78 is 296. The van der Waals surface area contributed by atoms with Crippen molar-refractivity contribution in [2.75, 3.05) is 0 Å². The Morgan fingerprint density at radius 3 is 0.806 bits per heavy atom. The first-order chi connectivity index (χ1) is 15.1. The van der Waals surface area contributed by atoms with Crippen LogP contribution in [0.5, 0.6) is 0 Å². The van der Waals surface area contributed by atoms with Gasteiger partial charge in [0, 0.05) is 0 Å². The molecule has 0 saturated heterocycles. The Hall–Kier alpha value is -1.44. The summed E-state index contributed by atoms with van der Waals surface area (Å²) in [4.78, 5) is 0. The number of hydrogen-bond acceptors (Lipinski definition) is 2. The van der Waals surface area contributed by atoms with Crippen molar-refractivity contribution in [3.8, 4) is 0 Å². The van der Waals surface area contributed by atoms with E-state index in [1.165, 1.54) is 5.90 Å². The average molecular weight is 616 g/mol. The molecular weight excluding hydrogens is 613 g/mol. The van der Waals surface area contributed by atoms with Crippen LogP contribution in [0.4, 0.5) is 92.2 Å². The van der Waals surface area contributed by atoms with Crippen LogP contribution in [0.1, 0.15) is 0 Å². The molecule has 0 aliphatic heterocycles. The molecule has 0 fully saturated rings. The van der Waals surface area contributed by atoms with Gasteiger partial charge in [-0.05, 0) is 4.21 Å². The highest BCUT2D eigenvalue weighted by Gasteiger charge is 3.00. The second kappa shape index (κ2) is 8.28. The molecule has 36 heavy (non-hydrogen) atoms. The largest absolute Gasteiger partial charge is 0.554 e. The van der Waals surface area contributed by atoms with Crippen molar-refractivity contribution in [3.05, 3.63) is 0 Å². The number of quaternary nitrogens is 1. The summed E-state index contributed by atoms with van der Waals surface area (Å²) >= 11 is 0. The Bertz CT molecular complexity index is 878. The Labute approximate surface area is 181 Å². The second-order valence-electron chi connectivity index (χ2n) is 6.18. The standard InChI is InChI=1S/C10H3F21NO3S/c11-1(12,3(15,16)5(19,20)7(23,24)9(27,28)29)2(13,14)4(17,18)6(21,22)8(25,26)10(30,31)36(33,34)35-32/h32H3/q+2. The monoisotopic (exact) mass is 616 g/mol. The number of hydrogen-bond donors (Lipinski definition) is 1. The van der Waals surface area contributed by atoms with E-state index in [2.05, 4.69) is 4.28 Å². The summed E-state index contributed by atoms with van der Waals surface area (Å²) in [6, 6.07) is 0. The molecule has 0 heterocycles. The maximum atomic E-state index is 13.4. The molecule has 0 amide bonds. The first kappa shape index (κ1) is 34.6. The van der Waals surface area contributed by atoms with Crippen LogP contribution in [0.25, 0.3) is 0 Å². The van der Waals surface area contributed by atoms with Crippen molar-refractivity contribution in [2.45, 2.75) is 58.8 Å². The topological polar surface area (TPSA) is 73.8 Å². The van der Waals surface area contributed by atoms with E-state index in [1.807, 2.05) is 0 Å². The number of halogens is 21.